The summed E-state index contributed by atoms with van der Waals surface area (Å²) in [6.07, 6.45) is 3.58. The molecule has 0 fully saturated rings. The van der Waals surface area contributed by atoms with Crippen LogP contribution in [0.15, 0.2) is 42.7 Å². The number of aromatic amines is 1. The van der Waals surface area contributed by atoms with Gasteiger partial charge in [0.15, 0.2) is 11.6 Å². The molecule has 3 aromatic rings. The number of carbonyl (C=O) groups excluding carboxylic acids is 1. The summed E-state index contributed by atoms with van der Waals surface area (Å²) in [5.74, 6) is -2.25. The molecule has 0 spiro atoms. The summed E-state index contributed by atoms with van der Waals surface area (Å²) in [6.45, 7) is 0.290. The molecule has 0 aliphatic heterocycles. The smallest absolute Gasteiger partial charge is 0.237 e. The number of hydrogen-bond acceptors (Lipinski definition) is 3. The van der Waals surface area contributed by atoms with Gasteiger partial charge in [-0.2, -0.15) is 0 Å². The first-order chi connectivity index (χ1) is 11.5. The van der Waals surface area contributed by atoms with Gasteiger partial charge < -0.3 is 16.0 Å². The maximum absolute atomic E-state index is 13.2. The molecule has 140 valence electrons. The van der Waals surface area contributed by atoms with Crippen molar-refractivity contribution in [2.45, 2.75) is 19.0 Å². The summed E-state index contributed by atoms with van der Waals surface area (Å²) in [4.78, 5) is 19.3. The number of halogens is 4. The van der Waals surface area contributed by atoms with Gasteiger partial charge in [0.05, 0.1) is 6.04 Å². The van der Waals surface area contributed by atoms with Gasteiger partial charge in [0.1, 0.15) is 5.65 Å². The highest BCUT2D eigenvalue weighted by molar-refractivity contribution is 5.85. The second-order valence-electron chi connectivity index (χ2n) is 5.54. The number of benzene rings is 1. The molecular weight excluding hydrogens is 385 g/mol. The maximum atomic E-state index is 13.2. The molecule has 0 radical (unpaired) electrons. The largest absolute Gasteiger partial charge is 0.351 e. The number of hydrogen-bond donors (Lipinski definition) is 3. The molecule has 2 aromatic heterocycles. The van der Waals surface area contributed by atoms with Crippen LogP contribution < -0.4 is 11.1 Å². The number of fused-ring (bicyclic) bond motifs is 1. The van der Waals surface area contributed by atoms with Gasteiger partial charge in [-0.1, -0.05) is 6.07 Å². The molecule has 26 heavy (non-hydrogen) atoms. The number of aromatic nitrogens is 2. The minimum Gasteiger partial charge on any atom is -0.351 e. The predicted octanol–water partition coefficient (Wildman–Crippen LogP) is 2.87. The molecule has 0 bridgehead atoms. The first-order valence-electron chi connectivity index (χ1n) is 7.42. The van der Waals surface area contributed by atoms with Gasteiger partial charge >= 0.3 is 0 Å². The number of carbonyl (C=O) groups is 1. The predicted molar refractivity (Wildman–Crippen MR) is 100 cm³/mol. The van der Waals surface area contributed by atoms with Crippen LogP contribution in [0, 0.1) is 11.6 Å². The molecule has 4 N–H and O–H groups in total. The molecule has 1 aromatic carbocycles. The molecule has 2 heterocycles. The van der Waals surface area contributed by atoms with E-state index >= 15 is 0 Å². The van der Waals surface area contributed by atoms with Crippen molar-refractivity contribution in [3.63, 3.8) is 0 Å². The lowest BCUT2D eigenvalue weighted by molar-refractivity contribution is -0.122. The Kier molecular flexibility index (Phi) is 7.95. The normalized spacial score (nSPS) is 11.3. The Labute approximate surface area is 161 Å². The number of pyridine rings is 1. The van der Waals surface area contributed by atoms with Crippen LogP contribution in [0.1, 0.15) is 11.1 Å². The lowest BCUT2D eigenvalue weighted by Crippen LogP contribution is -2.41. The fourth-order valence-electron chi connectivity index (χ4n) is 2.42. The summed E-state index contributed by atoms with van der Waals surface area (Å²) in [5, 5.41) is 3.67. The summed E-state index contributed by atoms with van der Waals surface area (Å²) < 4.78 is 26.1. The van der Waals surface area contributed by atoms with Crippen molar-refractivity contribution in [2.75, 3.05) is 0 Å². The van der Waals surface area contributed by atoms with Crippen molar-refractivity contribution in [2.24, 2.45) is 5.73 Å². The molecule has 0 aliphatic rings. The van der Waals surface area contributed by atoms with E-state index in [-0.39, 0.29) is 37.1 Å². The first-order valence-corrected chi connectivity index (χ1v) is 7.42. The van der Waals surface area contributed by atoms with Crippen molar-refractivity contribution in [3.8, 4) is 0 Å². The van der Waals surface area contributed by atoms with Crippen LogP contribution in [-0.4, -0.2) is 21.9 Å². The Morgan fingerprint density at radius 3 is 2.65 bits per heavy atom. The minimum atomic E-state index is -0.953. The Balaban J connectivity index is 0.00000169. The van der Waals surface area contributed by atoms with E-state index in [1.807, 2.05) is 12.1 Å². The molecule has 1 atom stereocenters. The van der Waals surface area contributed by atoms with E-state index in [4.69, 9.17) is 5.73 Å². The fraction of sp³-hybridized carbons (Fsp3) is 0.176. The molecule has 5 nitrogen and oxygen atoms in total. The maximum Gasteiger partial charge on any atom is 0.237 e. The third kappa shape index (κ3) is 5.14. The third-order valence-electron chi connectivity index (χ3n) is 3.70. The van der Waals surface area contributed by atoms with E-state index in [0.717, 1.165) is 28.7 Å². The van der Waals surface area contributed by atoms with Crippen LogP contribution in [0.3, 0.4) is 0 Å². The summed E-state index contributed by atoms with van der Waals surface area (Å²) in [6, 6.07) is 6.44. The Hall–Kier alpha value is -2.22. The number of nitrogens with two attached hydrogens (primary N) is 1. The third-order valence-corrected chi connectivity index (χ3v) is 3.70. The minimum absolute atomic E-state index is 0. The van der Waals surface area contributed by atoms with Crippen LogP contribution in [-0.2, 0) is 17.8 Å². The number of rotatable bonds is 5. The van der Waals surface area contributed by atoms with E-state index < -0.39 is 17.7 Å². The van der Waals surface area contributed by atoms with E-state index in [0.29, 0.717) is 12.1 Å². The molecule has 0 saturated heterocycles. The van der Waals surface area contributed by atoms with Gasteiger partial charge in [-0.3, -0.25) is 4.79 Å². The summed E-state index contributed by atoms with van der Waals surface area (Å²) in [5.41, 5.74) is 7.91. The quantitative estimate of drug-likeness (QED) is 0.613. The van der Waals surface area contributed by atoms with Gasteiger partial charge in [0, 0.05) is 24.3 Å². The van der Waals surface area contributed by atoms with E-state index in [1.165, 1.54) is 6.07 Å². The number of nitrogens with zero attached hydrogens (tertiary/aromatic N) is 1. The zero-order valence-corrected chi connectivity index (χ0v) is 15.2. The second kappa shape index (κ2) is 9.47. The van der Waals surface area contributed by atoms with Crippen molar-refractivity contribution in [3.05, 3.63) is 65.5 Å². The van der Waals surface area contributed by atoms with E-state index in [1.54, 1.807) is 12.4 Å². The van der Waals surface area contributed by atoms with Gasteiger partial charge in [-0.25, -0.2) is 13.8 Å². The number of nitrogens with one attached hydrogen (secondary N) is 2. The molecule has 3 rings (SSSR count). The molecular formula is C17H18Cl2F2N4O. The van der Waals surface area contributed by atoms with Crippen LogP contribution in [0.25, 0.3) is 11.0 Å². The highest BCUT2D eigenvalue weighted by atomic mass is 35.5. The Morgan fingerprint density at radius 2 is 1.92 bits per heavy atom. The zero-order chi connectivity index (χ0) is 17.1. The lowest BCUT2D eigenvalue weighted by Gasteiger charge is -2.12. The topological polar surface area (TPSA) is 83.8 Å². The van der Waals surface area contributed by atoms with Crippen molar-refractivity contribution < 1.29 is 13.6 Å². The average Bonchev–Trinajstić information content (AvgIpc) is 3.03. The number of amides is 1. The van der Waals surface area contributed by atoms with Crippen molar-refractivity contribution in [1.29, 1.82) is 0 Å². The Morgan fingerprint density at radius 1 is 1.15 bits per heavy atom. The van der Waals surface area contributed by atoms with Crippen LogP contribution in [0.5, 0.6) is 0 Å². The van der Waals surface area contributed by atoms with Crippen LogP contribution in [0.2, 0.25) is 0 Å². The molecule has 0 aliphatic carbocycles. The van der Waals surface area contributed by atoms with Gasteiger partial charge in [0.25, 0.3) is 0 Å². The zero-order valence-electron chi connectivity index (χ0n) is 13.5. The SMILES string of the molecule is Cl.Cl.N[C@@H](Cc1ccc(F)c(F)c1)C(=O)NCc1cnc2[nH]ccc2c1. The average molecular weight is 403 g/mol. The number of H-pyrrole nitrogens is 1. The monoisotopic (exact) mass is 402 g/mol. The lowest BCUT2D eigenvalue weighted by atomic mass is 10.1. The molecule has 0 saturated carbocycles. The highest BCUT2D eigenvalue weighted by Gasteiger charge is 2.15. The van der Waals surface area contributed by atoms with E-state index in [9.17, 15) is 13.6 Å². The first kappa shape index (κ1) is 21.8. The van der Waals surface area contributed by atoms with Gasteiger partial charge in [-0.15, -0.1) is 24.8 Å². The van der Waals surface area contributed by atoms with Crippen molar-refractivity contribution in [1.82, 2.24) is 15.3 Å². The van der Waals surface area contributed by atoms with Crippen molar-refractivity contribution >= 4 is 41.8 Å². The fourth-order valence-corrected chi connectivity index (χ4v) is 2.42. The van der Waals surface area contributed by atoms with E-state index in [2.05, 4.69) is 15.3 Å². The second-order valence-corrected chi connectivity index (χ2v) is 5.54. The highest BCUT2D eigenvalue weighted by Crippen LogP contribution is 2.12. The van der Waals surface area contributed by atoms with Gasteiger partial charge in [0.2, 0.25) is 5.91 Å². The standard InChI is InChI=1S/C17H16F2N4O.2ClH/c18-13-2-1-10(6-14(13)19)7-15(20)17(24)23-9-11-5-12-3-4-21-16(12)22-8-11;;/h1-6,8,15H,7,9,20H2,(H,21,22)(H,23,24);2*1H/t15-;;/m0../s1. The Bertz CT molecular complexity index is 888. The van der Waals surface area contributed by atoms with Crippen LogP contribution >= 0.6 is 24.8 Å². The summed E-state index contributed by atoms with van der Waals surface area (Å²) in [7, 11) is 0. The van der Waals surface area contributed by atoms with Gasteiger partial charge in [-0.05, 0) is 41.8 Å². The molecule has 1 amide bonds. The molecule has 9 heteroatoms. The summed E-state index contributed by atoms with van der Waals surface area (Å²) >= 11 is 0. The molecule has 0 unspecified atom stereocenters. The van der Waals surface area contributed by atoms with Crippen LogP contribution in [0.4, 0.5) is 8.78 Å².